The topological polar surface area (TPSA) is 72.7 Å². The highest BCUT2D eigenvalue weighted by molar-refractivity contribution is 7.99. The van der Waals surface area contributed by atoms with E-state index in [9.17, 15) is 13.6 Å². The minimum atomic E-state index is -0.998. The van der Waals surface area contributed by atoms with Crippen LogP contribution in [0.25, 0.3) is 0 Å². The van der Waals surface area contributed by atoms with Crippen molar-refractivity contribution in [3.63, 3.8) is 0 Å². The quantitative estimate of drug-likeness (QED) is 0.849. The van der Waals surface area contributed by atoms with Crippen LogP contribution in [0.4, 0.5) is 14.5 Å². The van der Waals surface area contributed by atoms with E-state index in [1.54, 1.807) is 7.05 Å². The lowest BCUT2D eigenvalue weighted by Gasteiger charge is -2.05. The van der Waals surface area contributed by atoms with Crippen LogP contribution < -0.4 is 5.32 Å². The summed E-state index contributed by atoms with van der Waals surface area (Å²) in [7, 11) is 1.70. The molecule has 2 aromatic rings. The van der Waals surface area contributed by atoms with Crippen LogP contribution >= 0.6 is 11.8 Å². The van der Waals surface area contributed by atoms with E-state index in [4.69, 9.17) is 0 Å². The lowest BCUT2D eigenvalue weighted by Crippen LogP contribution is -2.12. The average Bonchev–Trinajstić information content (AvgIpc) is 2.80. The number of nitrogens with zero attached hydrogens (tertiary/aromatic N) is 4. The molecule has 1 N–H and O–H groups in total. The van der Waals surface area contributed by atoms with Crippen molar-refractivity contribution in [3.8, 4) is 0 Å². The molecule has 2 rings (SSSR count). The number of benzene rings is 1. The first-order valence-electron chi connectivity index (χ1n) is 5.66. The Labute approximate surface area is 117 Å². The van der Waals surface area contributed by atoms with Gasteiger partial charge in [0.2, 0.25) is 11.1 Å². The fourth-order valence-electron chi connectivity index (χ4n) is 1.38. The highest BCUT2D eigenvalue weighted by atomic mass is 32.2. The largest absolute Gasteiger partial charge is 0.326 e. The highest BCUT2D eigenvalue weighted by Gasteiger charge is 2.08. The van der Waals surface area contributed by atoms with Gasteiger partial charge in [0.25, 0.3) is 0 Å². The van der Waals surface area contributed by atoms with Crippen LogP contribution in [-0.4, -0.2) is 31.9 Å². The number of carbonyl (C=O) groups is 1. The van der Waals surface area contributed by atoms with Crippen molar-refractivity contribution in [1.29, 1.82) is 0 Å². The van der Waals surface area contributed by atoms with Crippen molar-refractivity contribution < 1.29 is 13.6 Å². The number of aromatic nitrogens is 4. The molecule has 0 aliphatic rings. The molecule has 1 heterocycles. The van der Waals surface area contributed by atoms with Crippen molar-refractivity contribution in [2.75, 3.05) is 11.1 Å². The lowest BCUT2D eigenvalue weighted by atomic mass is 10.3. The minimum absolute atomic E-state index is 0.205. The maximum Gasteiger partial charge on any atom is 0.225 e. The smallest absolute Gasteiger partial charge is 0.225 e. The van der Waals surface area contributed by atoms with Crippen molar-refractivity contribution in [1.82, 2.24) is 20.2 Å². The molecule has 0 radical (unpaired) electrons. The molecule has 0 unspecified atom stereocenters. The van der Waals surface area contributed by atoms with Gasteiger partial charge in [0.05, 0.1) is 0 Å². The van der Waals surface area contributed by atoms with Gasteiger partial charge in [0.1, 0.15) is 0 Å². The first-order valence-corrected chi connectivity index (χ1v) is 6.65. The molecular weight excluding hydrogens is 288 g/mol. The van der Waals surface area contributed by atoms with E-state index in [1.807, 2.05) is 0 Å². The van der Waals surface area contributed by atoms with Gasteiger partial charge in [-0.2, -0.15) is 0 Å². The Hall–Kier alpha value is -2.03. The van der Waals surface area contributed by atoms with Crippen molar-refractivity contribution in [2.45, 2.75) is 11.6 Å². The van der Waals surface area contributed by atoms with Crippen LogP contribution in [-0.2, 0) is 11.8 Å². The molecule has 20 heavy (non-hydrogen) atoms. The molecule has 0 saturated carbocycles. The van der Waals surface area contributed by atoms with Crippen molar-refractivity contribution >= 4 is 23.4 Å². The number of carbonyl (C=O) groups excluding carboxylic acids is 1. The normalized spacial score (nSPS) is 10.6. The van der Waals surface area contributed by atoms with E-state index in [0.717, 1.165) is 12.1 Å². The van der Waals surface area contributed by atoms with Gasteiger partial charge in [-0.15, -0.1) is 5.10 Å². The fourth-order valence-corrected chi connectivity index (χ4v) is 2.16. The number of rotatable bonds is 5. The van der Waals surface area contributed by atoms with Gasteiger partial charge in [0.15, 0.2) is 11.6 Å². The summed E-state index contributed by atoms with van der Waals surface area (Å²) in [5.41, 5.74) is 0.222. The van der Waals surface area contributed by atoms with Gasteiger partial charge in [-0.3, -0.25) is 4.79 Å². The summed E-state index contributed by atoms with van der Waals surface area (Å²) in [5, 5.41) is 14.0. The summed E-state index contributed by atoms with van der Waals surface area (Å²) >= 11 is 1.33. The number of thioether (sulfide) groups is 1. The van der Waals surface area contributed by atoms with Crippen molar-refractivity contribution in [2.24, 2.45) is 7.05 Å². The standard InChI is InChI=1S/C11H11F2N5OS/c1-18-11(15-16-17-18)20-5-4-10(19)14-7-2-3-8(12)9(13)6-7/h2-3,6H,4-5H2,1H3,(H,14,19). The molecule has 0 atom stereocenters. The Morgan fingerprint density at radius 3 is 2.85 bits per heavy atom. The predicted octanol–water partition coefficient (Wildman–Crippen LogP) is 1.61. The molecule has 1 aromatic heterocycles. The van der Waals surface area contributed by atoms with E-state index >= 15 is 0 Å². The van der Waals surface area contributed by atoms with Gasteiger partial charge >= 0.3 is 0 Å². The third-order valence-electron chi connectivity index (χ3n) is 2.34. The zero-order chi connectivity index (χ0) is 14.5. The minimum Gasteiger partial charge on any atom is -0.326 e. The van der Waals surface area contributed by atoms with E-state index in [0.29, 0.717) is 10.9 Å². The second kappa shape index (κ2) is 6.42. The Morgan fingerprint density at radius 2 is 2.20 bits per heavy atom. The third kappa shape index (κ3) is 3.73. The molecule has 1 aromatic carbocycles. The summed E-state index contributed by atoms with van der Waals surface area (Å²) in [6, 6.07) is 3.20. The molecule has 6 nitrogen and oxygen atoms in total. The second-order valence-corrected chi connectivity index (χ2v) is 4.92. The van der Waals surface area contributed by atoms with Gasteiger partial charge in [-0.25, -0.2) is 13.5 Å². The zero-order valence-corrected chi connectivity index (χ0v) is 11.3. The summed E-state index contributed by atoms with van der Waals surface area (Å²) in [6.07, 6.45) is 0.205. The third-order valence-corrected chi connectivity index (χ3v) is 3.36. The molecule has 1 amide bonds. The predicted molar refractivity (Wildman–Crippen MR) is 69.1 cm³/mol. The molecule has 0 bridgehead atoms. The number of amides is 1. The van der Waals surface area contributed by atoms with Crippen LogP contribution in [0.5, 0.6) is 0 Å². The maximum atomic E-state index is 13.0. The number of hydrogen-bond acceptors (Lipinski definition) is 5. The zero-order valence-electron chi connectivity index (χ0n) is 10.5. The van der Waals surface area contributed by atoms with Crippen LogP contribution in [0.1, 0.15) is 6.42 Å². The first kappa shape index (κ1) is 14.4. The van der Waals surface area contributed by atoms with E-state index in [2.05, 4.69) is 20.8 Å². The van der Waals surface area contributed by atoms with E-state index in [1.165, 1.54) is 22.5 Å². The Morgan fingerprint density at radius 1 is 1.40 bits per heavy atom. The first-order chi connectivity index (χ1) is 9.56. The summed E-state index contributed by atoms with van der Waals surface area (Å²) in [5.74, 6) is -1.77. The van der Waals surface area contributed by atoms with Gasteiger partial charge in [-0.1, -0.05) is 11.8 Å². The Bertz CT molecular complexity index is 619. The van der Waals surface area contributed by atoms with Crippen LogP contribution in [0, 0.1) is 11.6 Å². The molecule has 0 aliphatic carbocycles. The SMILES string of the molecule is Cn1nnnc1SCCC(=O)Nc1ccc(F)c(F)c1. The van der Waals surface area contributed by atoms with Crippen molar-refractivity contribution in [3.05, 3.63) is 29.8 Å². The summed E-state index contributed by atoms with van der Waals surface area (Å²) in [6.45, 7) is 0. The Balaban J connectivity index is 1.80. The molecule has 0 fully saturated rings. The number of tetrazole rings is 1. The van der Waals surface area contributed by atoms with Crippen LogP contribution in [0.3, 0.4) is 0 Å². The summed E-state index contributed by atoms with van der Waals surface area (Å²) in [4.78, 5) is 11.6. The number of anilines is 1. The molecule has 0 aliphatic heterocycles. The van der Waals surface area contributed by atoms with Crippen LogP contribution in [0.2, 0.25) is 0 Å². The average molecular weight is 299 g/mol. The number of nitrogens with one attached hydrogen (secondary N) is 1. The molecule has 0 saturated heterocycles. The number of halogens is 2. The van der Waals surface area contributed by atoms with E-state index in [-0.39, 0.29) is 18.0 Å². The van der Waals surface area contributed by atoms with E-state index < -0.39 is 11.6 Å². The lowest BCUT2D eigenvalue weighted by molar-refractivity contribution is -0.115. The van der Waals surface area contributed by atoms with Gasteiger partial charge < -0.3 is 5.32 Å². The monoisotopic (exact) mass is 299 g/mol. The fraction of sp³-hybridized carbons (Fsp3) is 0.273. The molecule has 106 valence electrons. The molecule has 0 spiro atoms. The van der Waals surface area contributed by atoms with Gasteiger partial charge in [-0.05, 0) is 22.6 Å². The molecule has 9 heteroatoms. The van der Waals surface area contributed by atoms with Gasteiger partial charge in [0, 0.05) is 31.0 Å². The maximum absolute atomic E-state index is 13.0. The van der Waals surface area contributed by atoms with Crippen LogP contribution in [0.15, 0.2) is 23.4 Å². The Kier molecular flexibility index (Phi) is 4.61. The number of aryl methyl sites for hydroxylation is 1. The number of hydrogen-bond donors (Lipinski definition) is 1. The highest BCUT2D eigenvalue weighted by Crippen LogP contribution is 2.16. The summed E-state index contributed by atoms with van der Waals surface area (Å²) < 4.78 is 27.2. The second-order valence-electron chi connectivity index (χ2n) is 3.86. The molecular formula is C11H11F2N5OS.